The molecular weight excluding hydrogens is 266 g/mol. The van der Waals surface area contributed by atoms with Crippen LogP contribution in [0.4, 0.5) is 0 Å². The fourth-order valence-corrected chi connectivity index (χ4v) is 3.47. The van der Waals surface area contributed by atoms with Crippen LogP contribution in [0.2, 0.25) is 0 Å². The number of amides is 2. The number of nitrogens with zero attached hydrogens (tertiary/aromatic N) is 2. The molecule has 1 saturated heterocycles. The number of rotatable bonds is 3. The predicted octanol–water partition coefficient (Wildman–Crippen LogP) is 1.42. The smallest absolute Gasteiger partial charge is 0.249 e. The molecule has 1 aliphatic heterocycles. The lowest BCUT2D eigenvalue weighted by Gasteiger charge is -2.39. The molecule has 1 N–H and O–H groups in total. The van der Waals surface area contributed by atoms with Crippen molar-refractivity contribution in [3.8, 4) is 0 Å². The van der Waals surface area contributed by atoms with Crippen LogP contribution in [0, 0.1) is 0 Å². The molecule has 0 aromatic carbocycles. The molecule has 1 spiro atoms. The third-order valence-electron chi connectivity index (χ3n) is 4.57. The molecule has 112 valence electrons. The molecule has 0 radical (unpaired) electrons. The molecule has 1 aliphatic carbocycles. The van der Waals surface area contributed by atoms with Crippen molar-refractivity contribution in [1.29, 1.82) is 0 Å². The number of carbonyl (C=O) groups is 2. The molecule has 0 atom stereocenters. The monoisotopic (exact) mass is 287 g/mol. The highest BCUT2D eigenvalue weighted by Crippen LogP contribution is 2.33. The summed E-state index contributed by atoms with van der Waals surface area (Å²) < 4.78 is 0. The van der Waals surface area contributed by atoms with Crippen molar-refractivity contribution in [2.75, 3.05) is 6.54 Å². The molecule has 1 aromatic rings. The van der Waals surface area contributed by atoms with Gasteiger partial charge in [0.15, 0.2) is 0 Å². The van der Waals surface area contributed by atoms with E-state index in [1.54, 1.807) is 11.1 Å². The lowest BCUT2D eigenvalue weighted by molar-refractivity contribution is -0.150. The Morgan fingerprint density at radius 3 is 2.81 bits per heavy atom. The molecule has 3 rings (SSSR count). The topological polar surface area (TPSA) is 62.3 Å². The zero-order chi connectivity index (χ0) is 14.9. The molecule has 5 heteroatoms. The number of pyridine rings is 1. The van der Waals surface area contributed by atoms with Crippen molar-refractivity contribution in [3.05, 3.63) is 29.6 Å². The van der Waals surface area contributed by atoms with Gasteiger partial charge < -0.3 is 10.2 Å². The minimum atomic E-state index is -0.642. The quantitative estimate of drug-likeness (QED) is 0.914. The predicted molar refractivity (Wildman–Crippen MR) is 78.4 cm³/mol. The SMILES string of the molecule is CCc1cccnc1CN1CC(=O)NC2(CCCC2)C1=O. The molecule has 2 aliphatic rings. The third-order valence-corrected chi connectivity index (χ3v) is 4.57. The average molecular weight is 287 g/mol. The first kappa shape index (κ1) is 14.0. The fraction of sp³-hybridized carbons (Fsp3) is 0.562. The molecule has 2 amide bonds. The molecule has 2 fully saturated rings. The van der Waals surface area contributed by atoms with Crippen LogP contribution < -0.4 is 5.32 Å². The van der Waals surface area contributed by atoms with E-state index in [1.165, 1.54) is 0 Å². The van der Waals surface area contributed by atoms with Gasteiger partial charge >= 0.3 is 0 Å². The van der Waals surface area contributed by atoms with E-state index >= 15 is 0 Å². The lowest BCUT2D eigenvalue weighted by atomic mass is 9.93. The second-order valence-corrected chi connectivity index (χ2v) is 5.96. The number of hydrogen-bond donors (Lipinski definition) is 1. The summed E-state index contributed by atoms with van der Waals surface area (Å²) in [4.78, 5) is 30.8. The molecule has 5 nitrogen and oxygen atoms in total. The third kappa shape index (κ3) is 2.52. The van der Waals surface area contributed by atoms with Crippen molar-refractivity contribution < 1.29 is 9.59 Å². The van der Waals surface area contributed by atoms with Crippen molar-refractivity contribution >= 4 is 11.8 Å². The largest absolute Gasteiger partial charge is 0.340 e. The average Bonchev–Trinajstić information content (AvgIpc) is 2.94. The maximum Gasteiger partial charge on any atom is 0.249 e. The summed E-state index contributed by atoms with van der Waals surface area (Å²) in [5, 5.41) is 2.94. The molecule has 1 saturated carbocycles. The van der Waals surface area contributed by atoms with E-state index in [4.69, 9.17) is 0 Å². The van der Waals surface area contributed by atoms with Gasteiger partial charge in [0.2, 0.25) is 11.8 Å². The van der Waals surface area contributed by atoms with Crippen molar-refractivity contribution in [3.63, 3.8) is 0 Å². The zero-order valence-corrected chi connectivity index (χ0v) is 12.4. The summed E-state index contributed by atoms with van der Waals surface area (Å²) in [5.41, 5.74) is 1.39. The Hall–Kier alpha value is -1.91. The van der Waals surface area contributed by atoms with E-state index in [1.807, 2.05) is 12.1 Å². The number of aromatic nitrogens is 1. The Balaban J connectivity index is 1.84. The number of carbonyl (C=O) groups excluding carboxylic acids is 2. The van der Waals surface area contributed by atoms with Crippen LogP contribution in [0.25, 0.3) is 0 Å². The number of hydrogen-bond acceptors (Lipinski definition) is 3. The van der Waals surface area contributed by atoms with Gasteiger partial charge in [-0.2, -0.15) is 0 Å². The summed E-state index contributed by atoms with van der Waals surface area (Å²) in [6.07, 6.45) is 6.15. The van der Waals surface area contributed by atoms with Crippen LogP contribution in [0.1, 0.15) is 43.9 Å². The highest BCUT2D eigenvalue weighted by molar-refractivity contribution is 5.98. The second-order valence-electron chi connectivity index (χ2n) is 5.96. The van der Waals surface area contributed by atoms with Gasteiger partial charge in [-0.05, 0) is 30.9 Å². The van der Waals surface area contributed by atoms with Crippen LogP contribution in [0.3, 0.4) is 0 Å². The first-order chi connectivity index (χ1) is 10.1. The van der Waals surface area contributed by atoms with Gasteiger partial charge in [-0.15, -0.1) is 0 Å². The highest BCUT2D eigenvalue weighted by Gasteiger charge is 2.48. The van der Waals surface area contributed by atoms with E-state index in [-0.39, 0.29) is 18.4 Å². The van der Waals surface area contributed by atoms with Gasteiger partial charge in [0.05, 0.1) is 12.2 Å². The summed E-state index contributed by atoms with van der Waals surface area (Å²) >= 11 is 0. The zero-order valence-electron chi connectivity index (χ0n) is 12.4. The molecule has 0 unspecified atom stereocenters. The van der Waals surface area contributed by atoms with Crippen LogP contribution in [-0.2, 0) is 22.6 Å². The first-order valence-electron chi connectivity index (χ1n) is 7.68. The van der Waals surface area contributed by atoms with E-state index in [0.29, 0.717) is 6.54 Å². The van der Waals surface area contributed by atoms with Crippen LogP contribution in [0.15, 0.2) is 18.3 Å². The molecule has 2 heterocycles. The molecular formula is C16H21N3O2. The fourth-order valence-electron chi connectivity index (χ4n) is 3.47. The maximum absolute atomic E-state index is 12.8. The van der Waals surface area contributed by atoms with Gasteiger partial charge in [0.1, 0.15) is 12.1 Å². The summed E-state index contributed by atoms with van der Waals surface area (Å²) in [6.45, 7) is 2.64. The molecule has 0 bridgehead atoms. The number of aryl methyl sites for hydroxylation is 1. The van der Waals surface area contributed by atoms with E-state index in [9.17, 15) is 9.59 Å². The lowest BCUT2D eigenvalue weighted by Crippen LogP contribution is -2.65. The van der Waals surface area contributed by atoms with Gasteiger partial charge in [-0.25, -0.2) is 0 Å². The van der Waals surface area contributed by atoms with Crippen LogP contribution in [-0.4, -0.2) is 33.8 Å². The number of piperazine rings is 1. The summed E-state index contributed by atoms with van der Waals surface area (Å²) in [7, 11) is 0. The Kier molecular flexibility index (Phi) is 3.66. The van der Waals surface area contributed by atoms with Crippen molar-refractivity contribution in [2.24, 2.45) is 0 Å². The van der Waals surface area contributed by atoms with E-state index in [0.717, 1.165) is 43.4 Å². The Morgan fingerprint density at radius 2 is 2.10 bits per heavy atom. The molecule has 1 aromatic heterocycles. The van der Waals surface area contributed by atoms with Crippen LogP contribution in [0.5, 0.6) is 0 Å². The van der Waals surface area contributed by atoms with Gasteiger partial charge in [0, 0.05) is 6.20 Å². The Labute approximate surface area is 124 Å². The minimum absolute atomic E-state index is 0.0505. The maximum atomic E-state index is 12.8. The highest BCUT2D eigenvalue weighted by atomic mass is 16.2. The van der Waals surface area contributed by atoms with Crippen molar-refractivity contribution in [1.82, 2.24) is 15.2 Å². The van der Waals surface area contributed by atoms with Gasteiger partial charge in [0.25, 0.3) is 0 Å². The van der Waals surface area contributed by atoms with Gasteiger partial charge in [-0.3, -0.25) is 14.6 Å². The normalized spacial score (nSPS) is 20.9. The first-order valence-corrected chi connectivity index (χ1v) is 7.68. The van der Waals surface area contributed by atoms with Crippen molar-refractivity contribution in [2.45, 2.75) is 51.1 Å². The summed E-state index contributed by atoms with van der Waals surface area (Å²) in [5.74, 6) is 0.0118. The Bertz CT molecular complexity index is 564. The van der Waals surface area contributed by atoms with E-state index in [2.05, 4.69) is 17.2 Å². The Morgan fingerprint density at radius 1 is 1.33 bits per heavy atom. The standard InChI is InChI=1S/C16H21N3O2/c1-2-12-6-5-9-17-13(12)10-19-11-14(20)18-16(15(19)21)7-3-4-8-16/h5-6,9H,2-4,7-8,10-11H2,1H3,(H,18,20). The van der Waals surface area contributed by atoms with Crippen LogP contribution >= 0.6 is 0 Å². The van der Waals surface area contributed by atoms with Gasteiger partial charge in [-0.1, -0.05) is 25.8 Å². The minimum Gasteiger partial charge on any atom is -0.340 e. The summed E-state index contributed by atoms with van der Waals surface area (Å²) in [6, 6.07) is 3.94. The molecule has 21 heavy (non-hydrogen) atoms. The van der Waals surface area contributed by atoms with E-state index < -0.39 is 5.54 Å². The second kappa shape index (κ2) is 5.47. The number of nitrogens with one attached hydrogen (secondary N) is 1.